The molecular formula is C15H19ClN4O2. The molecule has 0 saturated heterocycles. The smallest absolute Gasteiger partial charge is 0.317 e. The second-order valence-electron chi connectivity index (χ2n) is 5.49. The summed E-state index contributed by atoms with van der Waals surface area (Å²) in [5, 5.41) is 21.9. The van der Waals surface area contributed by atoms with Gasteiger partial charge in [-0.15, -0.1) is 0 Å². The highest BCUT2D eigenvalue weighted by Gasteiger charge is 2.34. The van der Waals surface area contributed by atoms with Crippen molar-refractivity contribution >= 4 is 23.4 Å². The summed E-state index contributed by atoms with van der Waals surface area (Å²) < 4.78 is 0. The molecule has 1 aliphatic carbocycles. The Bertz CT molecular complexity index is 608. The number of aliphatic carboxylic acids is 1. The highest BCUT2D eigenvalue weighted by atomic mass is 35.5. The minimum atomic E-state index is -0.806. The van der Waals surface area contributed by atoms with Gasteiger partial charge in [0.25, 0.3) is 0 Å². The number of carboxylic acids is 1. The molecule has 0 bridgehead atoms. The molecule has 118 valence electrons. The van der Waals surface area contributed by atoms with Crippen LogP contribution >= 0.6 is 11.6 Å². The summed E-state index contributed by atoms with van der Waals surface area (Å²) >= 11 is 5.98. The van der Waals surface area contributed by atoms with Gasteiger partial charge < -0.3 is 10.4 Å². The summed E-state index contributed by atoms with van der Waals surface area (Å²) in [4.78, 5) is 17.0. The van der Waals surface area contributed by atoms with E-state index in [-0.39, 0.29) is 18.6 Å². The molecule has 0 atom stereocenters. The lowest BCUT2D eigenvalue weighted by molar-refractivity contribution is -0.139. The van der Waals surface area contributed by atoms with E-state index in [0.29, 0.717) is 22.9 Å². The number of likely N-dealkylation sites (N-methyl/N-ethyl adjacent to an activating group) is 1. The number of carboxylic acid groups (broad SMARTS) is 1. The van der Waals surface area contributed by atoms with Crippen molar-refractivity contribution < 1.29 is 9.90 Å². The van der Waals surface area contributed by atoms with E-state index in [1.807, 2.05) is 11.8 Å². The molecule has 1 fully saturated rings. The minimum absolute atomic E-state index is 0.0651. The Morgan fingerprint density at radius 1 is 1.64 bits per heavy atom. The van der Waals surface area contributed by atoms with E-state index in [4.69, 9.17) is 16.7 Å². The maximum Gasteiger partial charge on any atom is 0.317 e. The summed E-state index contributed by atoms with van der Waals surface area (Å²) in [5.41, 5.74) is 1.19. The first-order valence-electron chi connectivity index (χ1n) is 7.23. The van der Waals surface area contributed by atoms with Crippen LogP contribution in [-0.2, 0) is 4.79 Å². The number of nitrogens with one attached hydrogen (secondary N) is 1. The van der Waals surface area contributed by atoms with Crippen molar-refractivity contribution in [3.05, 3.63) is 22.3 Å². The minimum Gasteiger partial charge on any atom is -0.480 e. The Morgan fingerprint density at radius 3 is 2.86 bits per heavy atom. The van der Waals surface area contributed by atoms with Gasteiger partial charge in [-0.3, -0.25) is 9.69 Å². The lowest BCUT2D eigenvalue weighted by atomic mass is 9.85. The number of halogens is 1. The number of aromatic nitrogens is 1. The van der Waals surface area contributed by atoms with Gasteiger partial charge >= 0.3 is 5.97 Å². The molecule has 0 unspecified atom stereocenters. The molecule has 0 aromatic carbocycles. The van der Waals surface area contributed by atoms with Gasteiger partial charge in [0.2, 0.25) is 0 Å². The highest BCUT2D eigenvalue weighted by molar-refractivity contribution is 6.31. The largest absolute Gasteiger partial charge is 0.480 e. The van der Waals surface area contributed by atoms with Crippen molar-refractivity contribution in [3.8, 4) is 6.07 Å². The number of hydrogen-bond donors (Lipinski definition) is 2. The number of nitriles is 1. The summed E-state index contributed by atoms with van der Waals surface area (Å²) in [7, 11) is 0. The van der Waals surface area contributed by atoms with Gasteiger partial charge in [-0.05, 0) is 31.9 Å². The third kappa shape index (κ3) is 3.49. The summed E-state index contributed by atoms with van der Waals surface area (Å²) in [6.07, 6.45) is 3.23. The molecule has 6 nitrogen and oxygen atoms in total. The number of carbonyl (C=O) groups is 1. The zero-order chi connectivity index (χ0) is 16.3. The molecule has 0 aliphatic heterocycles. The summed E-state index contributed by atoms with van der Waals surface area (Å²) in [6, 6.07) is 2.60. The predicted octanol–water partition coefficient (Wildman–Crippen LogP) is 2.26. The van der Waals surface area contributed by atoms with Gasteiger partial charge in [0.15, 0.2) is 0 Å². The average molecular weight is 323 g/mol. The molecular weight excluding hydrogens is 304 g/mol. The summed E-state index contributed by atoms with van der Waals surface area (Å²) in [5.74, 6) is -0.255. The van der Waals surface area contributed by atoms with Crippen LogP contribution in [0, 0.1) is 18.3 Å². The lowest BCUT2D eigenvalue weighted by Gasteiger charge is -2.42. The first-order valence-corrected chi connectivity index (χ1v) is 7.61. The Labute approximate surface area is 134 Å². The van der Waals surface area contributed by atoms with Crippen molar-refractivity contribution in [2.45, 2.75) is 38.8 Å². The van der Waals surface area contributed by atoms with E-state index in [0.717, 1.165) is 18.4 Å². The van der Waals surface area contributed by atoms with Crippen molar-refractivity contribution in [1.82, 2.24) is 9.88 Å². The number of pyridine rings is 1. The van der Waals surface area contributed by atoms with Gasteiger partial charge in [-0.1, -0.05) is 18.5 Å². The molecule has 1 aliphatic rings. The van der Waals surface area contributed by atoms with Gasteiger partial charge in [0.05, 0.1) is 17.1 Å². The van der Waals surface area contributed by atoms with Crippen LogP contribution in [0.5, 0.6) is 0 Å². The van der Waals surface area contributed by atoms with E-state index in [1.165, 1.54) is 0 Å². The molecule has 22 heavy (non-hydrogen) atoms. The zero-order valence-corrected chi connectivity index (χ0v) is 13.4. The Hall–Kier alpha value is -1.84. The van der Waals surface area contributed by atoms with E-state index < -0.39 is 5.97 Å². The molecule has 0 radical (unpaired) electrons. The fourth-order valence-corrected chi connectivity index (χ4v) is 2.84. The number of rotatable bonds is 6. The molecule has 1 heterocycles. The van der Waals surface area contributed by atoms with Crippen molar-refractivity contribution in [1.29, 1.82) is 5.26 Å². The third-order valence-corrected chi connectivity index (χ3v) is 4.48. The van der Waals surface area contributed by atoms with E-state index in [9.17, 15) is 10.1 Å². The second-order valence-corrected chi connectivity index (χ2v) is 5.90. The topological polar surface area (TPSA) is 89.2 Å². The first-order chi connectivity index (χ1) is 10.5. The molecule has 1 aromatic heterocycles. The SMILES string of the molecule is CCN(CC(=O)O)C1CC(Nc2ncc(Cl)c(C)c2C#N)C1. The number of anilines is 1. The second kappa shape index (κ2) is 6.95. The first kappa shape index (κ1) is 16.5. The van der Waals surface area contributed by atoms with Crippen LogP contribution in [0.25, 0.3) is 0 Å². The van der Waals surface area contributed by atoms with Gasteiger partial charge in [0.1, 0.15) is 11.9 Å². The number of hydrogen-bond acceptors (Lipinski definition) is 5. The lowest BCUT2D eigenvalue weighted by Crippen LogP contribution is -2.51. The molecule has 1 saturated carbocycles. The maximum atomic E-state index is 10.8. The molecule has 0 amide bonds. The standard InChI is InChI=1S/C15H19ClN4O2/c1-3-20(8-14(21)22)11-4-10(5-11)19-15-12(6-17)9(2)13(16)7-18-15/h7,10-11H,3-5,8H2,1-2H3,(H,18,19)(H,21,22). The average Bonchev–Trinajstić information content (AvgIpc) is 2.44. The fourth-order valence-electron chi connectivity index (χ4n) is 2.70. The quantitative estimate of drug-likeness (QED) is 0.835. The van der Waals surface area contributed by atoms with Crippen LogP contribution in [0.3, 0.4) is 0 Å². The zero-order valence-electron chi connectivity index (χ0n) is 12.6. The normalized spacial score (nSPS) is 20.3. The molecule has 1 aromatic rings. The maximum absolute atomic E-state index is 10.8. The van der Waals surface area contributed by atoms with Gasteiger partial charge in [-0.2, -0.15) is 5.26 Å². The Balaban J connectivity index is 1.97. The molecule has 0 spiro atoms. The molecule has 2 rings (SSSR count). The van der Waals surface area contributed by atoms with Crippen LogP contribution in [0.1, 0.15) is 30.9 Å². The van der Waals surface area contributed by atoms with Crippen LogP contribution in [0.4, 0.5) is 5.82 Å². The highest BCUT2D eigenvalue weighted by Crippen LogP contribution is 2.30. The third-order valence-electron chi connectivity index (χ3n) is 4.10. The monoisotopic (exact) mass is 322 g/mol. The van der Waals surface area contributed by atoms with Gasteiger partial charge in [0, 0.05) is 18.3 Å². The summed E-state index contributed by atoms with van der Waals surface area (Å²) in [6.45, 7) is 4.53. The van der Waals surface area contributed by atoms with Crippen LogP contribution in [0.15, 0.2) is 6.20 Å². The van der Waals surface area contributed by atoms with Crippen LogP contribution in [-0.4, -0.2) is 46.1 Å². The predicted molar refractivity (Wildman–Crippen MR) is 84.0 cm³/mol. The number of nitrogens with zero attached hydrogens (tertiary/aromatic N) is 3. The molecule has 7 heteroatoms. The Kier molecular flexibility index (Phi) is 5.22. The van der Waals surface area contributed by atoms with E-state index in [1.54, 1.807) is 13.1 Å². The molecule has 2 N–H and O–H groups in total. The fraction of sp³-hybridized carbons (Fsp3) is 0.533. The van der Waals surface area contributed by atoms with E-state index in [2.05, 4.69) is 16.4 Å². The van der Waals surface area contributed by atoms with Crippen LogP contribution < -0.4 is 5.32 Å². The Morgan fingerprint density at radius 2 is 2.32 bits per heavy atom. The van der Waals surface area contributed by atoms with E-state index >= 15 is 0 Å². The van der Waals surface area contributed by atoms with Crippen molar-refractivity contribution in [3.63, 3.8) is 0 Å². The van der Waals surface area contributed by atoms with Crippen molar-refractivity contribution in [2.24, 2.45) is 0 Å². The van der Waals surface area contributed by atoms with Crippen molar-refractivity contribution in [2.75, 3.05) is 18.4 Å². The van der Waals surface area contributed by atoms with Crippen LogP contribution in [0.2, 0.25) is 5.02 Å². The van der Waals surface area contributed by atoms with Gasteiger partial charge in [-0.25, -0.2) is 4.98 Å².